The molecule has 1 aromatic carbocycles. The molecular weight excluding hydrogens is 312 g/mol. The summed E-state index contributed by atoms with van der Waals surface area (Å²) in [5.74, 6) is -0.898. The number of benzene rings is 1. The molecule has 1 aromatic heterocycles. The number of pyridine rings is 1. The maximum absolute atomic E-state index is 11.1. The first-order valence-electron chi connectivity index (χ1n) is 5.42. The molecule has 19 heavy (non-hydrogen) atoms. The molecule has 6 heteroatoms. The van der Waals surface area contributed by atoms with Crippen molar-refractivity contribution in [1.29, 1.82) is 0 Å². The summed E-state index contributed by atoms with van der Waals surface area (Å²) >= 11 is 3.30. The first-order valence-corrected chi connectivity index (χ1v) is 6.21. The standard InChI is InChI=1S/C13H11BrN2O3/c14-9-4-8(5-16-6-9)7-19-12-10(13(17)18)2-1-3-11(12)15/h1-6H,7,15H2,(H,17,18). The van der Waals surface area contributed by atoms with Gasteiger partial charge in [0.1, 0.15) is 12.2 Å². The zero-order valence-electron chi connectivity index (χ0n) is 9.84. The van der Waals surface area contributed by atoms with Gasteiger partial charge >= 0.3 is 5.97 Å². The van der Waals surface area contributed by atoms with Crippen LogP contribution in [-0.2, 0) is 6.61 Å². The Morgan fingerprint density at radius 1 is 1.42 bits per heavy atom. The number of anilines is 1. The van der Waals surface area contributed by atoms with E-state index in [0.717, 1.165) is 10.0 Å². The normalized spacial score (nSPS) is 10.2. The summed E-state index contributed by atoms with van der Waals surface area (Å²) < 4.78 is 6.33. The maximum Gasteiger partial charge on any atom is 0.339 e. The van der Waals surface area contributed by atoms with E-state index < -0.39 is 5.97 Å². The van der Waals surface area contributed by atoms with Crippen LogP contribution in [0.5, 0.6) is 5.75 Å². The van der Waals surface area contributed by atoms with Crippen LogP contribution in [0, 0.1) is 0 Å². The van der Waals surface area contributed by atoms with Crippen LogP contribution in [-0.4, -0.2) is 16.1 Å². The number of ether oxygens (including phenoxy) is 1. The highest BCUT2D eigenvalue weighted by molar-refractivity contribution is 9.10. The van der Waals surface area contributed by atoms with Crippen molar-refractivity contribution < 1.29 is 14.6 Å². The third-order valence-corrected chi connectivity index (χ3v) is 2.85. The maximum atomic E-state index is 11.1. The van der Waals surface area contributed by atoms with E-state index in [4.69, 9.17) is 15.6 Å². The van der Waals surface area contributed by atoms with Crippen molar-refractivity contribution in [2.45, 2.75) is 6.61 Å². The molecule has 0 spiro atoms. The molecule has 0 saturated carbocycles. The van der Waals surface area contributed by atoms with Gasteiger partial charge in [-0.2, -0.15) is 0 Å². The highest BCUT2D eigenvalue weighted by Crippen LogP contribution is 2.27. The van der Waals surface area contributed by atoms with Gasteiger partial charge in [0.05, 0.1) is 5.69 Å². The third-order valence-electron chi connectivity index (χ3n) is 2.42. The van der Waals surface area contributed by atoms with Crippen molar-refractivity contribution >= 4 is 27.6 Å². The molecule has 0 aliphatic rings. The zero-order valence-corrected chi connectivity index (χ0v) is 11.4. The van der Waals surface area contributed by atoms with Gasteiger partial charge in [-0.3, -0.25) is 4.98 Å². The molecule has 0 unspecified atom stereocenters. The van der Waals surface area contributed by atoms with Gasteiger partial charge in [0, 0.05) is 22.4 Å². The molecule has 0 fully saturated rings. The lowest BCUT2D eigenvalue weighted by molar-refractivity contribution is 0.0692. The second-order valence-electron chi connectivity index (χ2n) is 3.83. The van der Waals surface area contributed by atoms with Crippen LogP contribution >= 0.6 is 15.9 Å². The van der Waals surface area contributed by atoms with Gasteiger partial charge in [0.2, 0.25) is 0 Å². The van der Waals surface area contributed by atoms with Gasteiger partial charge in [-0.1, -0.05) is 6.07 Å². The Labute approximate surface area is 118 Å². The Bertz CT molecular complexity index is 617. The van der Waals surface area contributed by atoms with Crippen LogP contribution in [0.1, 0.15) is 15.9 Å². The van der Waals surface area contributed by atoms with Crippen LogP contribution in [0.3, 0.4) is 0 Å². The fraction of sp³-hybridized carbons (Fsp3) is 0.0769. The molecule has 3 N–H and O–H groups in total. The number of carboxylic acid groups (broad SMARTS) is 1. The lowest BCUT2D eigenvalue weighted by Crippen LogP contribution is -2.06. The van der Waals surface area contributed by atoms with Crippen LogP contribution < -0.4 is 10.5 Å². The van der Waals surface area contributed by atoms with Crippen LogP contribution in [0.25, 0.3) is 0 Å². The van der Waals surface area contributed by atoms with Crippen LogP contribution in [0.4, 0.5) is 5.69 Å². The van der Waals surface area contributed by atoms with Crippen LogP contribution in [0.2, 0.25) is 0 Å². The SMILES string of the molecule is Nc1cccc(C(=O)O)c1OCc1cncc(Br)c1. The third kappa shape index (κ3) is 3.23. The van der Waals surface area contributed by atoms with E-state index in [1.807, 2.05) is 6.07 Å². The highest BCUT2D eigenvalue weighted by atomic mass is 79.9. The van der Waals surface area contributed by atoms with Crippen molar-refractivity contribution in [3.63, 3.8) is 0 Å². The summed E-state index contributed by atoms with van der Waals surface area (Å²) in [5.41, 5.74) is 6.89. The summed E-state index contributed by atoms with van der Waals surface area (Å²) in [7, 11) is 0. The summed E-state index contributed by atoms with van der Waals surface area (Å²) in [5, 5.41) is 9.08. The van der Waals surface area contributed by atoms with Crippen molar-refractivity contribution in [3.05, 3.63) is 52.3 Å². The van der Waals surface area contributed by atoms with E-state index in [1.165, 1.54) is 6.07 Å². The molecule has 0 aliphatic heterocycles. The van der Waals surface area contributed by atoms with Gasteiger partial charge in [-0.25, -0.2) is 4.79 Å². The number of halogens is 1. The topological polar surface area (TPSA) is 85.4 Å². The Morgan fingerprint density at radius 3 is 2.89 bits per heavy atom. The molecule has 2 rings (SSSR count). The minimum atomic E-state index is -1.07. The Hall–Kier alpha value is -2.08. The number of nitrogens with zero attached hydrogens (tertiary/aromatic N) is 1. The number of aromatic nitrogens is 1. The Kier molecular flexibility index (Phi) is 4.01. The van der Waals surface area contributed by atoms with E-state index in [0.29, 0.717) is 5.69 Å². The predicted molar refractivity (Wildman–Crippen MR) is 74.1 cm³/mol. The minimum absolute atomic E-state index is 0.0444. The second-order valence-corrected chi connectivity index (χ2v) is 4.74. The van der Waals surface area contributed by atoms with Crippen LogP contribution in [0.15, 0.2) is 41.1 Å². The van der Waals surface area contributed by atoms with E-state index in [9.17, 15) is 4.79 Å². The first-order chi connectivity index (χ1) is 9.08. The average molecular weight is 323 g/mol. The molecule has 0 aliphatic carbocycles. The number of rotatable bonds is 4. The van der Waals surface area contributed by atoms with E-state index >= 15 is 0 Å². The van der Waals surface area contributed by atoms with Gasteiger partial charge in [-0.05, 0) is 34.1 Å². The van der Waals surface area contributed by atoms with E-state index in [2.05, 4.69) is 20.9 Å². The molecule has 0 amide bonds. The Balaban J connectivity index is 2.22. The number of carbonyl (C=O) groups is 1. The largest absolute Gasteiger partial charge is 0.486 e. The predicted octanol–water partition coefficient (Wildman–Crippen LogP) is 2.70. The number of carboxylic acids is 1. The second kappa shape index (κ2) is 5.71. The van der Waals surface area contributed by atoms with Gasteiger partial charge in [0.25, 0.3) is 0 Å². The quantitative estimate of drug-likeness (QED) is 0.845. The number of para-hydroxylation sites is 1. The number of nitrogens with two attached hydrogens (primary N) is 1. The number of aromatic carboxylic acids is 1. The lowest BCUT2D eigenvalue weighted by Gasteiger charge is -2.11. The van der Waals surface area contributed by atoms with Crippen molar-refractivity contribution in [2.75, 3.05) is 5.73 Å². The summed E-state index contributed by atoms with van der Waals surface area (Å²) in [6.45, 7) is 0.195. The van der Waals surface area contributed by atoms with Crippen molar-refractivity contribution in [2.24, 2.45) is 0 Å². The molecule has 1 heterocycles. The zero-order chi connectivity index (χ0) is 13.8. The van der Waals surface area contributed by atoms with Gasteiger partial charge in [-0.15, -0.1) is 0 Å². The summed E-state index contributed by atoms with van der Waals surface area (Å²) in [4.78, 5) is 15.1. The Morgan fingerprint density at radius 2 is 2.21 bits per heavy atom. The minimum Gasteiger partial charge on any atom is -0.486 e. The van der Waals surface area contributed by atoms with Gasteiger partial charge in [0.15, 0.2) is 5.75 Å². The lowest BCUT2D eigenvalue weighted by atomic mass is 10.1. The molecule has 0 atom stereocenters. The molecule has 0 radical (unpaired) electrons. The molecule has 98 valence electrons. The summed E-state index contributed by atoms with van der Waals surface area (Å²) in [6, 6.07) is 6.47. The number of hydrogen-bond acceptors (Lipinski definition) is 4. The fourth-order valence-electron chi connectivity index (χ4n) is 1.57. The number of hydrogen-bond donors (Lipinski definition) is 2. The van der Waals surface area contributed by atoms with E-state index in [1.54, 1.807) is 24.5 Å². The molecule has 5 nitrogen and oxygen atoms in total. The summed E-state index contributed by atoms with van der Waals surface area (Å²) in [6.07, 6.45) is 3.30. The molecule has 2 aromatic rings. The van der Waals surface area contributed by atoms with Gasteiger partial charge < -0.3 is 15.6 Å². The average Bonchev–Trinajstić information content (AvgIpc) is 2.37. The molecule has 0 saturated heterocycles. The van der Waals surface area contributed by atoms with E-state index in [-0.39, 0.29) is 17.9 Å². The van der Waals surface area contributed by atoms with Crippen molar-refractivity contribution in [1.82, 2.24) is 4.98 Å². The first kappa shape index (κ1) is 13.4. The van der Waals surface area contributed by atoms with Crippen molar-refractivity contribution in [3.8, 4) is 5.75 Å². The molecule has 0 bridgehead atoms. The highest BCUT2D eigenvalue weighted by Gasteiger charge is 2.14. The molecular formula is C13H11BrN2O3. The fourth-order valence-corrected chi connectivity index (χ4v) is 1.99. The smallest absolute Gasteiger partial charge is 0.339 e. The number of nitrogen functional groups attached to an aromatic ring is 1. The monoisotopic (exact) mass is 322 g/mol.